The highest BCUT2D eigenvalue weighted by atomic mass is 15.1. The lowest BCUT2D eigenvalue weighted by molar-refractivity contribution is 0.758. The van der Waals surface area contributed by atoms with Crippen molar-refractivity contribution in [3.8, 4) is 0 Å². The molecule has 2 aromatic rings. The van der Waals surface area contributed by atoms with Gasteiger partial charge in [0.25, 0.3) is 0 Å². The van der Waals surface area contributed by atoms with Gasteiger partial charge in [0.05, 0.1) is 0 Å². The van der Waals surface area contributed by atoms with Crippen LogP contribution in [-0.2, 0) is 0 Å². The maximum Gasteiger partial charge on any atom is 0.229 e. The molecule has 1 unspecified atom stereocenters. The van der Waals surface area contributed by atoms with E-state index in [-0.39, 0.29) is 0 Å². The highest BCUT2D eigenvalue weighted by Crippen LogP contribution is 2.19. The second kappa shape index (κ2) is 7.07. The number of hydrogen-bond donors (Lipinski definition) is 2. The van der Waals surface area contributed by atoms with E-state index in [0.717, 1.165) is 17.9 Å². The van der Waals surface area contributed by atoms with Gasteiger partial charge in [-0.3, -0.25) is 0 Å². The fourth-order valence-electron chi connectivity index (χ4n) is 1.93. The summed E-state index contributed by atoms with van der Waals surface area (Å²) in [5, 5.41) is 6.59. The number of benzene rings is 1. The molecular formula is C17H24N4. The van der Waals surface area contributed by atoms with Crippen LogP contribution in [0.3, 0.4) is 0 Å². The maximum atomic E-state index is 4.48. The monoisotopic (exact) mass is 284 g/mol. The second-order valence-corrected chi connectivity index (χ2v) is 5.62. The van der Waals surface area contributed by atoms with Gasteiger partial charge in [-0.25, -0.2) is 4.98 Å². The van der Waals surface area contributed by atoms with Crippen molar-refractivity contribution < 1.29 is 0 Å². The first-order chi connectivity index (χ1) is 10.1. The normalized spacial score (nSPS) is 12.2. The Morgan fingerprint density at radius 1 is 1.05 bits per heavy atom. The molecule has 1 aromatic carbocycles. The van der Waals surface area contributed by atoms with Crippen LogP contribution in [0.5, 0.6) is 0 Å². The SMILES string of the molecule is CCC(C)Nc1ccnc(Nc2ccc(C(C)C)cc2)n1. The van der Waals surface area contributed by atoms with E-state index in [9.17, 15) is 0 Å². The molecule has 1 aromatic heterocycles. The molecule has 1 atom stereocenters. The first-order valence-electron chi connectivity index (χ1n) is 7.55. The number of anilines is 3. The summed E-state index contributed by atoms with van der Waals surface area (Å²) in [5.41, 5.74) is 2.33. The number of aromatic nitrogens is 2. The molecule has 0 bridgehead atoms. The Morgan fingerprint density at radius 3 is 2.38 bits per heavy atom. The van der Waals surface area contributed by atoms with E-state index >= 15 is 0 Å². The average Bonchev–Trinajstić information content (AvgIpc) is 2.48. The Balaban J connectivity index is 2.07. The van der Waals surface area contributed by atoms with Gasteiger partial charge in [0.15, 0.2) is 0 Å². The number of rotatable bonds is 6. The summed E-state index contributed by atoms with van der Waals surface area (Å²) in [6.07, 6.45) is 2.83. The van der Waals surface area contributed by atoms with Crippen LogP contribution in [0.25, 0.3) is 0 Å². The van der Waals surface area contributed by atoms with E-state index in [4.69, 9.17) is 0 Å². The van der Waals surface area contributed by atoms with E-state index in [1.165, 1.54) is 5.56 Å². The van der Waals surface area contributed by atoms with Gasteiger partial charge in [-0.05, 0) is 43.0 Å². The van der Waals surface area contributed by atoms with Crippen LogP contribution in [-0.4, -0.2) is 16.0 Å². The first kappa shape index (κ1) is 15.3. The third-order valence-corrected chi connectivity index (χ3v) is 3.50. The summed E-state index contributed by atoms with van der Waals surface area (Å²) in [6.45, 7) is 8.67. The van der Waals surface area contributed by atoms with Crippen molar-refractivity contribution in [2.24, 2.45) is 0 Å². The van der Waals surface area contributed by atoms with Gasteiger partial charge in [-0.2, -0.15) is 4.98 Å². The van der Waals surface area contributed by atoms with Crippen LogP contribution in [0.2, 0.25) is 0 Å². The summed E-state index contributed by atoms with van der Waals surface area (Å²) in [4.78, 5) is 8.74. The molecular weight excluding hydrogens is 260 g/mol. The van der Waals surface area contributed by atoms with Crippen LogP contribution in [0, 0.1) is 0 Å². The Labute approximate surface area is 127 Å². The van der Waals surface area contributed by atoms with Gasteiger partial charge in [-0.15, -0.1) is 0 Å². The minimum atomic E-state index is 0.401. The van der Waals surface area contributed by atoms with Crippen LogP contribution >= 0.6 is 0 Å². The zero-order chi connectivity index (χ0) is 15.2. The van der Waals surface area contributed by atoms with Gasteiger partial charge in [0.1, 0.15) is 5.82 Å². The van der Waals surface area contributed by atoms with E-state index < -0.39 is 0 Å². The topological polar surface area (TPSA) is 49.8 Å². The molecule has 21 heavy (non-hydrogen) atoms. The molecule has 4 heteroatoms. The maximum absolute atomic E-state index is 4.48. The van der Waals surface area contributed by atoms with Gasteiger partial charge in [0.2, 0.25) is 5.95 Å². The van der Waals surface area contributed by atoms with Crippen molar-refractivity contribution in [1.29, 1.82) is 0 Å². The quantitative estimate of drug-likeness (QED) is 0.816. The summed E-state index contributed by atoms with van der Waals surface area (Å²) >= 11 is 0. The highest BCUT2D eigenvalue weighted by molar-refractivity contribution is 5.55. The molecule has 0 saturated carbocycles. The van der Waals surface area contributed by atoms with Crippen LogP contribution < -0.4 is 10.6 Å². The van der Waals surface area contributed by atoms with Gasteiger partial charge >= 0.3 is 0 Å². The van der Waals surface area contributed by atoms with Crippen LogP contribution in [0.1, 0.15) is 45.6 Å². The van der Waals surface area contributed by atoms with Gasteiger partial charge in [0, 0.05) is 17.9 Å². The molecule has 0 saturated heterocycles. The Morgan fingerprint density at radius 2 is 1.76 bits per heavy atom. The third-order valence-electron chi connectivity index (χ3n) is 3.50. The van der Waals surface area contributed by atoms with Crippen molar-refractivity contribution in [2.45, 2.75) is 46.1 Å². The summed E-state index contributed by atoms with van der Waals surface area (Å²) < 4.78 is 0. The number of nitrogens with one attached hydrogen (secondary N) is 2. The van der Waals surface area contributed by atoms with Crippen LogP contribution in [0.15, 0.2) is 36.5 Å². The van der Waals surface area contributed by atoms with Crippen molar-refractivity contribution in [3.05, 3.63) is 42.1 Å². The Hall–Kier alpha value is -2.10. The summed E-state index contributed by atoms with van der Waals surface area (Å²) in [5.74, 6) is 2.00. The average molecular weight is 284 g/mol. The van der Waals surface area contributed by atoms with Gasteiger partial charge in [-0.1, -0.05) is 32.9 Å². The lowest BCUT2D eigenvalue weighted by Gasteiger charge is -2.13. The molecule has 2 N–H and O–H groups in total. The Bertz CT molecular complexity index is 563. The molecule has 0 amide bonds. The predicted octanol–water partition coefficient (Wildman–Crippen LogP) is 4.55. The minimum Gasteiger partial charge on any atom is -0.367 e. The molecule has 112 valence electrons. The molecule has 4 nitrogen and oxygen atoms in total. The lowest BCUT2D eigenvalue weighted by Crippen LogP contribution is -2.14. The molecule has 0 aliphatic heterocycles. The van der Waals surface area contributed by atoms with Gasteiger partial charge < -0.3 is 10.6 Å². The second-order valence-electron chi connectivity index (χ2n) is 5.62. The van der Waals surface area contributed by atoms with E-state index in [1.54, 1.807) is 6.20 Å². The van der Waals surface area contributed by atoms with E-state index in [0.29, 0.717) is 17.9 Å². The standard InChI is InChI=1S/C17H24N4/c1-5-13(4)19-16-10-11-18-17(21-16)20-15-8-6-14(7-9-15)12(2)3/h6-13H,5H2,1-4H3,(H2,18,19,20,21). The molecule has 1 heterocycles. The third kappa shape index (κ3) is 4.45. The molecule has 0 aliphatic carbocycles. The van der Waals surface area contributed by atoms with E-state index in [2.05, 4.69) is 72.6 Å². The number of hydrogen-bond acceptors (Lipinski definition) is 4. The van der Waals surface area contributed by atoms with Crippen molar-refractivity contribution in [3.63, 3.8) is 0 Å². The molecule has 0 radical (unpaired) electrons. The smallest absolute Gasteiger partial charge is 0.229 e. The predicted molar refractivity (Wildman–Crippen MR) is 89.2 cm³/mol. The lowest BCUT2D eigenvalue weighted by atomic mass is 10.0. The number of nitrogens with zero attached hydrogens (tertiary/aromatic N) is 2. The van der Waals surface area contributed by atoms with Crippen LogP contribution in [0.4, 0.5) is 17.5 Å². The molecule has 0 fully saturated rings. The fraction of sp³-hybridized carbons (Fsp3) is 0.412. The van der Waals surface area contributed by atoms with Crippen molar-refractivity contribution >= 4 is 17.5 Å². The van der Waals surface area contributed by atoms with E-state index in [1.807, 2.05) is 6.07 Å². The summed E-state index contributed by atoms with van der Waals surface area (Å²) in [7, 11) is 0. The zero-order valence-electron chi connectivity index (χ0n) is 13.2. The fourth-order valence-corrected chi connectivity index (χ4v) is 1.93. The zero-order valence-corrected chi connectivity index (χ0v) is 13.2. The van der Waals surface area contributed by atoms with Crippen molar-refractivity contribution in [1.82, 2.24) is 9.97 Å². The molecule has 0 aliphatic rings. The first-order valence-corrected chi connectivity index (χ1v) is 7.55. The minimum absolute atomic E-state index is 0.401. The van der Waals surface area contributed by atoms with Crippen molar-refractivity contribution in [2.75, 3.05) is 10.6 Å². The Kier molecular flexibility index (Phi) is 5.14. The molecule has 2 rings (SSSR count). The molecule has 0 spiro atoms. The largest absolute Gasteiger partial charge is 0.367 e. The summed E-state index contributed by atoms with van der Waals surface area (Å²) in [6, 6.07) is 10.7. The highest BCUT2D eigenvalue weighted by Gasteiger charge is 2.04.